The fourth-order valence-corrected chi connectivity index (χ4v) is 1.59. The third kappa shape index (κ3) is 4.66. The van der Waals surface area contributed by atoms with Crippen molar-refractivity contribution in [3.05, 3.63) is 29.8 Å². The van der Waals surface area contributed by atoms with E-state index >= 15 is 0 Å². The number of ether oxygens (including phenoxy) is 2. The van der Waals surface area contributed by atoms with Crippen LogP contribution < -0.4 is 10.5 Å². The van der Waals surface area contributed by atoms with Crippen LogP contribution in [0.15, 0.2) is 24.3 Å². The molecule has 1 aromatic carbocycles. The van der Waals surface area contributed by atoms with Crippen LogP contribution in [-0.4, -0.2) is 20.3 Å². The zero-order valence-corrected chi connectivity index (χ0v) is 9.74. The molecular weight excluding hydrogens is 228 g/mol. The van der Waals surface area contributed by atoms with Gasteiger partial charge in [0, 0.05) is 25.3 Å². The molecule has 1 rings (SSSR count). The predicted octanol–water partition coefficient (Wildman–Crippen LogP) is 2.71. The normalized spacial score (nSPS) is 12.8. The highest BCUT2D eigenvalue weighted by Gasteiger charge is 2.14. The van der Waals surface area contributed by atoms with Crippen molar-refractivity contribution in [2.75, 3.05) is 13.7 Å². The fraction of sp³-hybridized carbons (Fsp3) is 0.500. The first-order valence-electron chi connectivity index (χ1n) is 5.43. The summed E-state index contributed by atoms with van der Waals surface area (Å²) in [5.41, 5.74) is 6.53. The minimum Gasteiger partial charge on any atom is -0.434 e. The van der Waals surface area contributed by atoms with Crippen molar-refractivity contribution in [2.24, 2.45) is 5.73 Å². The summed E-state index contributed by atoms with van der Waals surface area (Å²) in [4.78, 5) is 0. The summed E-state index contributed by atoms with van der Waals surface area (Å²) in [5, 5.41) is 0. The molecule has 0 fully saturated rings. The first-order valence-corrected chi connectivity index (χ1v) is 5.43. The van der Waals surface area contributed by atoms with Gasteiger partial charge in [0.25, 0.3) is 0 Å². The Kier molecular flexibility index (Phi) is 5.86. The van der Waals surface area contributed by atoms with E-state index < -0.39 is 6.61 Å². The summed E-state index contributed by atoms with van der Waals surface area (Å²) < 4.78 is 33.7. The monoisotopic (exact) mass is 245 g/mol. The van der Waals surface area contributed by atoms with E-state index in [0.29, 0.717) is 18.6 Å². The Balaban J connectivity index is 2.67. The van der Waals surface area contributed by atoms with Gasteiger partial charge in [0.1, 0.15) is 5.75 Å². The molecule has 0 saturated heterocycles. The van der Waals surface area contributed by atoms with Crippen LogP contribution in [0.1, 0.15) is 24.4 Å². The summed E-state index contributed by atoms with van der Waals surface area (Å²) in [6.45, 7) is -2.23. The van der Waals surface area contributed by atoms with Gasteiger partial charge in [-0.1, -0.05) is 18.2 Å². The van der Waals surface area contributed by atoms with Crippen molar-refractivity contribution in [2.45, 2.75) is 25.5 Å². The average molecular weight is 245 g/mol. The number of benzene rings is 1. The Morgan fingerprint density at radius 1 is 1.29 bits per heavy atom. The lowest BCUT2D eigenvalue weighted by Gasteiger charge is -2.16. The molecule has 0 radical (unpaired) electrons. The van der Waals surface area contributed by atoms with Gasteiger partial charge in [0.05, 0.1) is 0 Å². The second-order valence-electron chi connectivity index (χ2n) is 3.66. The first kappa shape index (κ1) is 13.9. The van der Waals surface area contributed by atoms with Crippen LogP contribution in [0.4, 0.5) is 8.78 Å². The van der Waals surface area contributed by atoms with Crippen LogP contribution in [0.3, 0.4) is 0 Å². The van der Waals surface area contributed by atoms with Crippen molar-refractivity contribution in [1.82, 2.24) is 0 Å². The zero-order valence-electron chi connectivity index (χ0n) is 9.74. The van der Waals surface area contributed by atoms with Gasteiger partial charge in [0.2, 0.25) is 0 Å². The Bertz CT molecular complexity index is 334. The summed E-state index contributed by atoms with van der Waals surface area (Å²) in [7, 11) is 1.61. The molecule has 0 amide bonds. The molecule has 1 unspecified atom stereocenters. The van der Waals surface area contributed by atoms with Gasteiger partial charge < -0.3 is 15.2 Å². The first-order chi connectivity index (χ1) is 8.15. The molecule has 1 aromatic rings. The van der Waals surface area contributed by atoms with E-state index in [1.165, 1.54) is 6.07 Å². The maximum atomic E-state index is 12.2. The van der Waals surface area contributed by atoms with E-state index in [0.717, 1.165) is 6.42 Å². The molecule has 0 spiro atoms. The molecule has 1 atom stereocenters. The summed E-state index contributed by atoms with van der Waals surface area (Å²) >= 11 is 0. The third-order valence-corrected chi connectivity index (χ3v) is 2.40. The topological polar surface area (TPSA) is 44.5 Å². The van der Waals surface area contributed by atoms with Crippen LogP contribution in [0.25, 0.3) is 0 Å². The van der Waals surface area contributed by atoms with Crippen molar-refractivity contribution < 1.29 is 18.3 Å². The predicted molar refractivity (Wildman–Crippen MR) is 61.1 cm³/mol. The highest BCUT2D eigenvalue weighted by Crippen LogP contribution is 2.27. The second kappa shape index (κ2) is 7.19. The zero-order chi connectivity index (χ0) is 12.7. The summed E-state index contributed by atoms with van der Waals surface area (Å²) in [6.07, 6.45) is 1.44. The standard InChI is InChI=1S/C12H17F2NO2/c1-16-8-4-6-10(15)9-5-2-3-7-11(9)17-12(13)14/h2-3,5,7,10,12H,4,6,8,15H2,1H3. The van der Waals surface area contributed by atoms with Gasteiger partial charge in [-0.05, 0) is 18.9 Å². The van der Waals surface area contributed by atoms with Crippen molar-refractivity contribution in [3.63, 3.8) is 0 Å². The van der Waals surface area contributed by atoms with E-state index in [4.69, 9.17) is 10.5 Å². The van der Waals surface area contributed by atoms with E-state index in [1.54, 1.807) is 25.3 Å². The minimum atomic E-state index is -2.83. The van der Waals surface area contributed by atoms with Crippen LogP contribution in [0, 0.1) is 0 Å². The number of halogens is 2. The smallest absolute Gasteiger partial charge is 0.387 e. The van der Waals surface area contributed by atoms with Gasteiger partial charge in [-0.25, -0.2) is 0 Å². The number of hydrogen-bond donors (Lipinski definition) is 1. The second-order valence-corrected chi connectivity index (χ2v) is 3.66. The maximum Gasteiger partial charge on any atom is 0.387 e. The fourth-order valence-electron chi connectivity index (χ4n) is 1.59. The molecule has 0 heterocycles. The lowest BCUT2D eigenvalue weighted by Crippen LogP contribution is -2.14. The van der Waals surface area contributed by atoms with Gasteiger partial charge >= 0.3 is 6.61 Å². The third-order valence-electron chi connectivity index (χ3n) is 2.40. The van der Waals surface area contributed by atoms with Crippen molar-refractivity contribution in [1.29, 1.82) is 0 Å². The lowest BCUT2D eigenvalue weighted by atomic mass is 10.0. The average Bonchev–Trinajstić information content (AvgIpc) is 2.29. The molecule has 5 heteroatoms. The van der Waals surface area contributed by atoms with Crippen LogP contribution in [0.2, 0.25) is 0 Å². The highest BCUT2D eigenvalue weighted by molar-refractivity contribution is 5.35. The minimum absolute atomic E-state index is 0.146. The number of hydrogen-bond acceptors (Lipinski definition) is 3. The Morgan fingerprint density at radius 3 is 2.65 bits per heavy atom. The molecule has 17 heavy (non-hydrogen) atoms. The number of nitrogens with two attached hydrogens (primary N) is 1. The number of rotatable bonds is 7. The van der Waals surface area contributed by atoms with Gasteiger partial charge in [-0.2, -0.15) is 8.78 Å². The van der Waals surface area contributed by atoms with Gasteiger partial charge in [-0.3, -0.25) is 0 Å². The number of alkyl halides is 2. The van der Waals surface area contributed by atoms with E-state index in [2.05, 4.69) is 4.74 Å². The van der Waals surface area contributed by atoms with Crippen molar-refractivity contribution >= 4 is 0 Å². The van der Waals surface area contributed by atoms with Crippen LogP contribution in [0.5, 0.6) is 5.75 Å². The molecule has 0 saturated carbocycles. The highest BCUT2D eigenvalue weighted by atomic mass is 19.3. The molecular formula is C12H17F2NO2. The van der Waals surface area contributed by atoms with Gasteiger partial charge in [0.15, 0.2) is 0 Å². The molecule has 0 aliphatic rings. The molecule has 96 valence electrons. The van der Waals surface area contributed by atoms with E-state index in [9.17, 15) is 8.78 Å². The summed E-state index contributed by atoms with van der Waals surface area (Å²) in [5.74, 6) is 0.146. The Labute approximate surface area is 99.5 Å². The SMILES string of the molecule is COCCCC(N)c1ccccc1OC(F)F. The number of para-hydroxylation sites is 1. The van der Waals surface area contributed by atoms with E-state index in [1.807, 2.05) is 0 Å². The molecule has 3 nitrogen and oxygen atoms in total. The Morgan fingerprint density at radius 2 is 2.00 bits per heavy atom. The molecule has 0 aliphatic carbocycles. The Hall–Kier alpha value is -1.20. The largest absolute Gasteiger partial charge is 0.434 e. The maximum absolute atomic E-state index is 12.2. The number of methoxy groups -OCH3 is 1. The van der Waals surface area contributed by atoms with Crippen LogP contribution in [-0.2, 0) is 4.74 Å². The quantitative estimate of drug-likeness (QED) is 0.751. The lowest BCUT2D eigenvalue weighted by molar-refractivity contribution is -0.0506. The van der Waals surface area contributed by atoms with Gasteiger partial charge in [-0.15, -0.1) is 0 Å². The molecule has 0 aliphatic heterocycles. The molecule has 0 bridgehead atoms. The van der Waals surface area contributed by atoms with Crippen LogP contribution >= 0.6 is 0 Å². The molecule has 2 N–H and O–H groups in total. The molecule has 0 aromatic heterocycles. The van der Waals surface area contributed by atoms with E-state index in [-0.39, 0.29) is 11.8 Å². The summed E-state index contributed by atoms with van der Waals surface area (Å²) in [6, 6.07) is 6.28. The van der Waals surface area contributed by atoms with Crippen molar-refractivity contribution in [3.8, 4) is 5.75 Å².